The van der Waals surface area contributed by atoms with Gasteiger partial charge in [0.05, 0.1) is 18.1 Å². The zero-order valence-corrected chi connectivity index (χ0v) is 13.7. The maximum absolute atomic E-state index is 12.5. The minimum Gasteiger partial charge on any atom is -0.379 e. The third kappa shape index (κ3) is 4.06. The van der Waals surface area contributed by atoms with Crippen LogP contribution in [-0.4, -0.2) is 51.5 Å². The van der Waals surface area contributed by atoms with Crippen molar-refractivity contribution in [3.8, 4) is 0 Å². The van der Waals surface area contributed by atoms with E-state index in [0.717, 1.165) is 0 Å². The second kappa shape index (κ2) is 7.21. The third-order valence-electron chi connectivity index (χ3n) is 3.40. The van der Waals surface area contributed by atoms with Crippen molar-refractivity contribution in [2.45, 2.75) is 18.7 Å². The second-order valence-corrected chi connectivity index (χ2v) is 7.58. The van der Waals surface area contributed by atoms with Crippen molar-refractivity contribution in [2.75, 3.05) is 32.8 Å². The van der Waals surface area contributed by atoms with E-state index in [1.165, 1.54) is 16.4 Å². The molecule has 1 N–H and O–H groups in total. The first-order valence-corrected chi connectivity index (χ1v) is 8.81. The first kappa shape index (κ1) is 16.9. The first-order chi connectivity index (χ1) is 10.4. The summed E-state index contributed by atoms with van der Waals surface area (Å²) in [6, 6.07) is 6.05. The SMILES string of the molecule is CC(C)CNC(=O)c1ccc(S(=O)(=O)N2CCOCC2)cc1. The lowest BCUT2D eigenvalue weighted by atomic mass is 10.2. The van der Waals surface area contributed by atoms with E-state index < -0.39 is 10.0 Å². The largest absolute Gasteiger partial charge is 0.379 e. The van der Waals surface area contributed by atoms with Gasteiger partial charge in [-0.05, 0) is 30.2 Å². The van der Waals surface area contributed by atoms with Crippen molar-refractivity contribution >= 4 is 15.9 Å². The third-order valence-corrected chi connectivity index (χ3v) is 5.31. The monoisotopic (exact) mass is 326 g/mol. The number of amides is 1. The molecule has 1 aromatic rings. The molecule has 1 saturated heterocycles. The van der Waals surface area contributed by atoms with Crippen LogP contribution in [-0.2, 0) is 14.8 Å². The first-order valence-electron chi connectivity index (χ1n) is 7.37. The van der Waals surface area contributed by atoms with E-state index in [1.807, 2.05) is 13.8 Å². The van der Waals surface area contributed by atoms with Crippen molar-refractivity contribution in [3.05, 3.63) is 29.8 Å². The summed E-state index contributed by atoms with van der Waals surface area (Å²) in [6.45, 7) is 6.16. The number of benzene rings is 1. The average Bonchev–Trinajstić information content (AvgIpc) is 2.53. The number of carbonyl (C=O) groups is 1. The molecular formula is C15H22N2O4S. The number of nitrogens with one attached hydrogen (secondary N) is 1. The van der Waals surface area contributed by atoms with Gasteiger partial charge in [-0.25, -0.2) is 8.42 Å². The van der Waals surface area contributed by atoms with Crippen molar-refractivity contribution in [2.24, 2.45) is 5.92 Å². The van der Waals surface area contributed by atoms with Gasteiger partial charge in [0.1, 0.15) is 0 Å². The molecule has 6 nitrogen and oxygen atoms in total. The molecule has 1 aromatic carbocycles. The summed E-state index contributed by atoms with van der Waals surface area (Å²) in [5.74, 6) is 0.175. The Kier molecular flexibility index (Phi) is 5.55. The summed E-state index contributed by atoms with van der Waals surface area (Å²) < 4.78 is 31.5. The minimum atomic E-state index is -3.51. The highest BCUT2D eigenvalue weighted by Gasteiger charge is 2.26. The fourth-order valence-corrected chi connectivity index (χ4v) is 3.52. The Morgan fingerprint density at radius 2 is 1.82 bits per heavy atom. The Labute approximate surface area is 131 Å². The Bertz CT molecular complexity index is 605. The number of morpholine rings is 1. The lowest BCUT2D eigenvalue weighted by molar-refractivity contribution is 0.0730. The molecular weight excluding hydrogens is 304 g/mol. The highest BCUT2D eigenvalue weighted by molar-refractivity contribution is 7.89. The quantitative estimate of drug-likeness (QED) is 0.879. The summed E-state index contributed by atoms with van der Waals surface area (Å²) in [4.78, 5) is 12.1. The van der Waals surface area contributed by atoms with Gasteiger partial charge in [-0.1, -0.05) is 13.8 Å². The van der Waals surface area contributed by atoms with Gasteiger partial charge in [-0.3, -0.25) is 4.79 Å². The van der Waals surface area contributed by atoms with Crippen LogP contribution in [0.5, 0.6) is 0 Å². The van der Waals surface area contributed by atoms with E-state index in [4.69, 9.17) is 4.74 Å². The molecule has 0 bridgehead atoms. The fourth-order valence-electron chi connectivity index (χ4n) is 2.11. The van der Waals surface area contributed by atoms with Crippen LogP contribution in [0.25, 0.3) is 0 Å². The smallest absolute Gasteiger partial charge is 0.251 e. The van der Waals surface area contributed by atoms with Gasteiger partial charge in [-0.15, -0.1) is 0 Å². The number of sulfonamides is 1. The molecule has 1 heterocycles. The van der Waals surface area contributed by atoms with Crippen LogP contribution in [0.15, 0.2) is 29.2 Å². The zero-order chi connectivity index (χ0) is 16.2. The lowest BCUT2D eigenvalue weighted by Gasteiger charge is -2.26. The number of ether oxygens (including phenoxy) is 1. The molecule has 0 aromatic heterocycles. The molecule has 0 aliphatic carbocycles. The molecule has 0 atom stereocenters. The predicted octanol–water partition coefficient (Wildman–Crippen LogP) is 1.09. The molecule has 0 radical (unpaired) electrons. The van der Waals surface area contributed by atoms with E-state index in [2.05, 4.69) is 5.32 Å². The van der Waals surface area contributed by atoms with Crippen LogP contribution >= 0.6 is 0 Å². The number of hydrogen-bond donors (Lipinski definition) is 1. The molecule has 1 fully saturated rings. The summed E-state index contributed by atoms with van der Waals surface area (Å²) in [5, 5.41) is 2.80. The minimum absolute atomic E-state index is 0.191. The highest BCUT2D eigenvalue weighted by atomic mass is 32.2. The maximum atomic E-state index is 12.5. The lowest BCUT2D eigenvalue weighted by Crippen LogP contribution is -2.40. The van der Waals surface area contributed by atoms with E-state index in [0.29, 0.717) is 44.3 Å². The Morgan fingerprint density at radius 3 is 2.36 bits per heavy atom. The predicted molar refractivity (Wildman–Crippen MR) is 83.2 cm³/mol. The molecule has 1 aliphatic rings. The van der Waals surface area contributed by atoms with Gasteiger partial charge in [0, 0.05) is 25.2 Å². The second-order valence-electron chi connectivity index (χ2n) is 5.64. The molecule has 0 saturated carbocycles. The van der Waals surface area contributed by atoms with Crippen LogP contribution in [0, 0.1) is 5.92 Å². The molecule has 7 heteroatoms. The van der Waals surface area contributed by atoms with Crippen LogP contribution < -0.4 is 5.32 Å². The van der Waals surface area contributed by atoms with Gasteiger partial charge >= 0.3 is 0 Å². The van der Waals surface area contributed by atoms with Crippen molar-refractivity contribution < 1.29 is 17.9 Å². The van der Waals surface area contributed by atoms with Crippen molar-refractivity contribution in [1.82, 2.24) is 9.62 Å². The van der Waals surface area contributed by atoms with Gasteiger partial charge in [0.2, 0.25) is 10.0 Å². The van der Waals surface area contributed by atoms with E-state index in [-0.39, 0.29) is 10.8 Å². The van der Waals surface area contributed by atoms with Gasteiger partial charge in [-0.2, -0.15) is 4.31 Å². The van der Waals surface area contributed by atoms with Gasteiger partial charge < -0.3 is 10.1 Å². The number of rotatable bonds is 5. The Hall–Kier alpha value is -1.44. The molecule has 22 heavy (non-hydrogen) atoms. The van der Waals surface area contributed by atoms with Crippen LogP contribution in [0.1, 0.15) is 24.2 Å². The normalized spacial score (nSPS) is 16.7. The van der Waals surface area contributed by atoms with E-state index >= 15 is 0 Å². The fraction of sp³-hybridized carbons (Fsp3) is 0.533. The molecule has 122 valence electrons. The Morgan fingerprint density at radius 1 is 1.23 bits per heavy atom. The van der Waals surface area contributed by atoms with Crippen LogP contribution in [0.2, 0.25) is 0 Å². The average molecular weight is 326 g/mol. The van der Waals surface area contributed by atoms with E-state index in [9.17, 15) is 13.2 Å². The van der Waals surface area contributed by atoms with Crippen LogP contribution in [0.3, 0.4) is 0 Å². The summed E-state index contributed by atoms with van der Waals surface area (Å²) >= 11 is 0. The molecule has 2 rings (SSSR count). The summed E-state index contributed by atoms with van der Waals surface area (Å²) in [7, 11) is -3.51. The van der Waals surface area contributed by atoms with E-state index in [1.54, 1.807) is 12.1 Å². The number of nitrogens with zero attached hydrogens (tertiary/aromatic N) is 1. The molecule has 0 unspecified atom stereocenters. The molecule has 1 amide bonds. The van der Waals surface area contributed by atoms with Crippen molar-refractivity contribution in [1.29, 1.82) is 0 Å². The highest BCUT2D eigenvalue weighted by Crippen LogP contribution is 2.17. The Balaban J connectivity index is 2.09. The standard InChI is InChI=1S/C15H22N2O4S/c1-12(2)11-16-15(18)13-3-5-14(6-4-13)22(19,20)17-7-9-21-10-8-17/h3-6,12H,7-11H2,1-2H3,(H,16,18). The molecule has 0 spiro atoms. The number of hydrogen-bond acceptors (Lipinski definition) is 4. The van der Waals surface area contributed by atoms with Gasteiger partial charge in [0.15, 0.2) is 0 Å². The maximum Gasteiger partial charge on any atom is 0.251 e. The topological polar surface area (TPSA) is 75.7 Å². The summed E-state index contributed by atoms with van der Waals surface area (Å²) in [6.07, 6.45) is 0. The number of carbonyl (C=O) groups excluding carboxylic acids is 1. The van der Waals surface area contributed by atoms with Gasteiger partial charge in [0.25, 0.3) is 5.91 Å². The van der Waals surface area contributed by atoms with Crippen LogP contribution in [0.4, 0.5) is 0 Å². The zero-order valence-electron chi connectivity index (χ0n) is 12.9. The summed E-state index contributed by atoms with van der Waals surface area (Å²) in [5.41, 5.74) is 0.460. The molecule has 1 aliphatic heterocycles. The van der Waals surface area contributed by atoms with Crippen molar-refractivity contribution in [3.63, 3.8) is 0 Å².